The Morgan fingerprint density at radius 2 is 0.703 bits per heavy atom. The molecule has 4 amide bonds. The van der Waals surface area contributed by atoms with Crippen LogP contribution in [0, 0.1) is 93.3 Å². The van der Waals surface area contributed by atoms with Gasteiger partial charge in [-0.05, 0) is 84.4 Å². The van der Waals surface area contributed by atoms with Crippen LogP contribution in [-0.2, 0) is 6.18 Å². The summed E-state index contributed by atoms with van der Waals surface area (Å²) in [6, 6.07) is 27.7. The SMILES string of the molecule is O=C1N=C(c2c(F)cccc2Cl)c2c(O)[nH]c(-c3c(F)cccc3Cl)c21.O=C1N=C(c2c(F)cccc2F)c2c(O)[nH]c(-c3c(F)cccc3F)c21.O=C1N=C(c2cc([N+](=O)[O-])c(Cl)c([N+](=O)[O-])c2)c2c(O)[nH]c(-c3cc([N+](=O)[O-])c(Cl)c([N+](=O)[O-])c3)c21.[C-]#[N+]c1cc(C#N)cc(-c2[nH]c(O)c3c2C(=O)N=C3c2ccc(C(F)(F)F)cc2)c1. The van der Waals surface area contributed by atoms with Gasteiger partial charge in [0.05, 0.1) is 160 Å². The Bertz CT molecular complexity index is 6420. The highest BCUT2D eigenvalue weighted by molar-refractivity contribution is 6.40. The zero-order valence-electron chi connectivity index (χ0n) is 57.4. The fourth-order valence-corrected chi connectivity index (χ4v) is 13.8. The molecular weight excluding hydrogens is 1670 g/mol. The number of alkyl halides is 3. The first-order valence-electron chi connectivity index (χ1n) is 32.3. The maximum absolute atomic E-state index is 14.3. The van der Waals surface area contributed by atoms with Gasteiger partial charge in [0.1, 0.15) is 34.9 Å². The average Bonchev–Trinajstić information content (AvgIpc) is 1.60. The first kappa shape index (κ1) is 80.6. The van der Waals surface area contributed by atoms with Gasteiger partial charge >= 0.3 is 6.18 Å². The number of amides is 4. The van der Waals surface area contributed by atoms with Crippen LogP contribution in [0.15, 0.2) is 159 Å². The van der Waals surface area contributed by atoms with Gasteiger partial charge in [0.2, 0.25) is 0 Å². The van der Waals surface area contributed by atoms with E-state index in [9.17, 15) is 120 Å². The van der Waals surface area contributed by atoms with E-state index in [1.807, 2.05) is 6.07 Å². The van der Waals surface area contributed by atoms with Gasteiger partial charge in [-0.3, -0.25) is 59.6 Å². The van der Waals surface area contributed by atoms with Crippen LogP contribution in [0.3, 0.4) is 0 Å². The van der Waals surface area contributed by atoms with Crippen molar-refractivity contribution in [1.82, 2.24) is 19.9 Å². The van der Waals surface area contributed by atoms with E-state index in [4.69, 9.17) is 58.2 Å². The quantitative estimate of drug-likeness (QED) is 0.0244. The third kappa shape index (κ3) is 14.2. The molecule has 0 radical (unpaired) electrons. The van der Waals surface area contributed by atoms with Gasteiger partial charge in [0, 0.05) is 46.5 Å². The number of nitrogens with zero attached hydrogens (tertiary/aromatic N) is 10. The molecule has 0 bridgehead atoms. The van der Waals surface area contributed by atoms with Crippen molar-refractivity contribution in [2.45, 2.75) is 6.18 Å². The lowest BCUT2D eigenvalue weighted by molar-refractivity contribution is -0.394. The van der Waals surface area contributed by atoms with Crippen LogP contribution in [0.25, 0.3) is 49.9 Å². The summed E-state index contributed by atoms with van der Waals surface area (Å²) < 4.78 is 123. The van der Waals surface area contributed by atoms with Gasteiger partial charge in [0.15, 0.2) is 39.3 Å². The van der Waals surface area contributed by atoms with Gasteiger partial charge < -0.3 is 40.4 Å². The number of hydrogen-bond donors (Lipinski definition) is 8. The van der Waals surface area contributed by atoms with Gasteiger partial charge in [-0.25, -0.2) is 51.2 Å². The predicted molar refractivity (Wildman–Crippen MR) is 400 cm³/mol. The number of fused-ring (bicyclic) bond motifs is 4. The molecule has 16 rings (SSSR count). The Balaban J connectivity index is 0.000000138. The number of aliphatic imine (C=N–C) groups is 4. The van der Waals surface area contributed by atoms with Gasteiger partial charge in [-0.2, -0.15) is 18.4 Å². The van der Waals surface area contributed by atoms with E-state index in [1.165, 1.54) is 60.7 Å². The summed E-state index contributed by atoms with van der Waals surface area (Å²) in [4.78, 5) is 120. The molecule has 43 heteroatoms. The van der Waals surface area contributed by atoms with Crippen LogP contribution in [0.4, 0.5) is 68.0 Å². The summed E-state index contributed by atoms with van der Waals surface area (Å²) in [6.45, 7) is 7.16. The number of nitro groups is 4. The molecule has 0 unspecified atom stereocenters. The Labute approximate surface area is 667 Å². The van der Waals surface area contributed by atoms with Crippen LogP contribution in [-0.4, -0.2) is 107 Å². The number of nitriles is 1. The highest BCUT2D eigenvalue weighted by atomic mass is 35.5. The van der Waals surface area contributed by atoms with Crippen molar-refractivity contribution >= 4 is 121 Å². The summed E-state index contributed by atoms with van der Waals surface area (Å²) >= 11 is 23.6. The topological polar surface area (TPSA) is 463 Å². The second-order valence-electron chi connectivity index (χ2n) is 24.6. The number of nitro benzene ring substituents is 4. The molecule has 0 saturated heterocycles. The van der Waals surface area contributed by atoms with E-state index in [-0.39, 0.29) is 122 Å². The number of H-pyrrole nitrogens is 4. The Morgan fingerprint density at radius 1 is 0.390 bits per heavy atom. The fourth-order valence-electron chi connectivity index (χ4n) is 12.8. The molecule has 0 aliphatic carbocycles. The van der Waals surface area contributed by atoms with E-state index in [0.717, 1.165) is 78.9 Å². The number of aromatic amines is 4. The van der Waals surface area contributed by atoms with Crippen molar-refractivity contribution in [1.29, 1.82) is 5.26 Å². The zero-order chi connectivity index (χ0) is 85.4. The van der Waals surface area contributed by atoms with Crippen LogP contribution < -0.4 is 0 Å². The van der Waals surface area contributed by atoms with Crippen molar-refractivity contribution in [2.24, 2.45) is 20.0 Å². The molecule has 118 heavy (non-hydrogen) atoms. The van der Waals surface area contributed by atoms with Crippen molar-refractivity contribution in [3.05, 3.63) is 324 Å². The maximum atomic E-state index is 14.3. The minimum absolute atomic E-state index is 0.0217. The molecule has 12 aromatic rings. The molecule has 4 aromatic heterocycles. The third-order valence-electron chi connectivity index (χ3n) is 17.8. The lowest BCUT2D eigenvalue weighted by Gasteiger charge is -2.07. The second kappa shape index (κ2) is 30.8. The van der Waals surface area contributed by atoms with Crippen LogP contribution >= 0.6 is 46.4 Å². The second-order valence-corrected chi connectivity index (χ2v) is 26.2. The largest absolute Gasteiger partial charge is 0.494 e. The number of aromatic nitrogens is 4. The number of carbonyl (C=O) groups excluding carboxylic acids is 4. The first-order valence-corrected chi connectivity index (χ1v) is 33.8. The van der Waals surface area contributed by atoms with Crippen molar-refractivity contribution in [2.75, 3.05) is 0 Å². The monoisotopic (exact) mass is 1690 g/mol. The standard InChI is InChI=1S/C21H9F3N4O2.C18H8Cl2F2N2O2.C18H6Cl2N6O10.C18H8F4N2O2/c1-26-14-7-10(9-25)6-12(8-14)18-16-15(19(29)28-18)17(27-20(16)30)11-2-4-13(5-3-11)21(22,23)24;19-7-3-1-5-9(21)11(7)15-13-14(18(26)23-15)16(24-17(13)25)12-8(20)4-2-6-10(12)22;19-13-7(23(29)30)1-5(2-8(13)24(31)32)15-11-12(18(28)21-15)16(22-17(11)27)6-3-9(25(33)34)14(20)10(4-6)26(35)36;19-7-3-1-4-8(20)11(7)15-13-14(18(26)23-15)16(24-17(13)25)12-9(21)5-2-6-10(12)22/h2-8,28-29H;1-6,23,26H;1-4,21,28H;1-6,23,26H. The van der Waals surface area contributed by atoms with E-state index in [1.54, 1.807) is 0 Å². The van der Waals surface area contributed by atoms with Gasteiger partial charge in [-0.15, -0.1) is 0 Å². The Kier molecular flexibility index (Phi) is 21.0. The van der Waals surface area contributed by atoms with Crippen LogP contribution in [0.1, 0.15) is 97.1 Å². The highest BCUT2D eigenvalue weighted by Gasteiger charge is 2.42. The number of nitrogens with one attached hydrogen (secondary N) is 4. The highest BCUT2D eigenvalue weighted by Crippen LogP contribution is 2.48. The van der Waals surface area contributed by atoms with Crippen LogP contribution in [0.5, 0.6) is 23.5 Å². The van der Waals surface area contributed by atoms with E-state index in [0.29, 0.717) is 5.56 Å². The molecular formula is C75H31Cl4F9N14O16. The number of rotatable bonds is 12. The van der Waals surface area contributed by atoms with E-state index >= 15 is 0 Å². The first-order chi connectivity index (χ1) is 55.8. The number of hydrogen-bond acceptors (Lipinski definition) is 17. The molecule has 4 aliphatic rings. The molecule has 8 N–H and O–H groups in total. The average molecular weight is 1700 g/mol. The Hall–Kier alpha value is -15.5. The minimum atomic E-state index is -4.51. The molecule has 0 atom stereocenters. The zero-order valence-corrected chi connectivity index (χ0v) is 60.4. The smallest absolute Gasteiger partial charge is 0.416 e. The van der Waals surface area contributed by atoms with Crippen molar-refractivity contribution in [3.63, 3.8) is 0 Å². The molecule has 0 spiro atoms. The summed E-state index contributed by atoms with van der Waals surface area (Å²) in [7, 11) is 0. The fraction of sp³-hybridized carbons (Fsp3) is 0.0133. The molecule has 0 fully saturated rings. The van der Waals surface area contributed by atoms with Crippen molar-refractivity contribution in [3.8, 4) is 74.6 Å². The summed E-state index contributed by atoms with van der Waals surface area (Å²) in [5, 5.41) is 94.4. The lowest BCUT2D eigenvalue weighted by Crippen LogP contribution is -2.06. The summed E-state index contributed by atoms with van der Waals surface area (Å²) in [6.07, 6.45) is -4.51. The van der Waals surface area contributed by atoms with E-state index < -0.39 is 174 Å². The number of benzene rings is 8. The number of carbonyl (C=O) groups is 4. The minimum Gasteiger partial charge on any atom is -0.494 e. The van der Waals surface area contributed by atoms with Gasteiger partial charge in [-0.1, -0.05) is 82.8 Å². The van der Waals surface area contributed by atoms with Gasteiger partial charge in [0.25, 0.3) is 46.4 Å². The molecule has 4 aliphatic heterocycles. The van der Waals surface area contributed by atoms with Crippen molar-refractivity contribution < 1.29 is 98.8 Å². The molecule has 0 saturated carbocycles. The lowest BCUT2D eigenvalue weighted by atomic mass is 9.98. The third-order valence-corrected chi connectivity index (χ3v) is 19.2. The maximum Gasteiger partial charge on any atom is 0.416 e. The molecule has 8 heterocycles. The number of aromatic hydroxyl groups is 4. The molecule has 588 valence electrons. The normalized spacial score (nSPS) is 12.8. The molecule has 30 nitrogen and oxygen atoms in total. The summed E-state index contributed by atoms with van der Waals surface area (Å²) in [5.41, 5.74) is -8.36. The summed E-state index contributed by atoms with van der Waals surface area (Å²) in [5.74, 6) is -11.1. The van der Waals surface area contributed by atoms with E-state index in [2.05, 4.69) is 44.8 Å². The number of halogens is 13. The Morgan fingerprint density at radius 3 is 1.08 bits per heavy atom. The predicted octanol–water partition coefficient (Wildman–Crippen LogP) is 18.0. The molecule has 8 aromatic carbocycles. The van der Waals surface area contributed by atoms with Crippen LogP contribution in [0.2, 0.25) is 20.1 Å².